The monoisotopic (exact) mass is 421 g/mol. The van der Waals surface area contributed by atoms with Crippen molar-refractivity contribution in [2.24, 2.45) is 5.73 Å². The Kier molecular flexibility index (Phi) is 7.21. The van der Waals surface area contributed by atoms with E-state index in [0.717, 1.165) is 31.4 Å². The van der Waals surface area contributed by atoms with E-state index in [4.69, 9.17) is 10.5 Å². The van der Waals surface area contributed by atoms with Crippen LogP contribution in [0, 0.1) is 0 Å². The molecule has 0 unspecified atom stereocenters. The zero-order chi connectivity index (χ0) is 22.7. The zero-order valence-electron chi connectivity index (χ0n) is 20.7. The first-order valence-electron chi connectivity index (χ1n) is 12.1. The summed E-state index contributed by atoms with van der Waals surface area (Å²) in [5, 5.41) is 0. The van der Waals surface area contributed by atoms with Crippen LogP contribution >= 0.6 is 0 Å². The predicted octanol–water partition coefficient (Wildman–Crippen LogP) is 7.45. The van der Waals surface area contributed by atoms with Crippen LogP contribution in [0.2, 0.25) is 0 Å². The SMILES string of the molecule is CC(C)(C)c1cc(OCc2ccccc2)c(CCC2(N)CCCCC2)c(C(C)(C)C)c1. The number of hydrogen-bond acceptors (Lipinski definition) is 2. The van der Waals surface area contributed by atoms with Gasteiger partial charge in [0, 0.05) is 5.54 Å². The van der Waals surface area contributed by atoms with Crippen molar-refractivity contribution in [2.75, 3.05) is 0 Å². The fourth-order valence-electron chi connectivity index (χ4n) is 4.75. The summed E-state index contributed by atoms with van der Waals surface area (Å²) >= 11 is 0. The van der Waals surface area contributed by atoms with E-state index < -0.39 is 0 Å². The standard InChI is InChI=1S/C29H43NO/c1-27(2,3)23-19-25(28(4,5)6)24(15-18-29(30)16-11-8-12-17-29)26(20-23)31-21-22-13-9-7-10-14-22/h7,9-10,13-14,19-20H,8,11-12,15-18,21,30H2,1-6H3. The number of nitrogens with two attached hydrogens (primary N) is 1. The molecule has 1 aliphatic rings. The van der Waals surface area contributed by atoms with E-state index in [-0.39, 0.29) is 16.4 Å². The summed E-state index contributed by atoms with van der Waals surface area (Å²) in [6.07, 6.45) is 8.18. The Morgan fingerprint density at radius 2 is 1.52 bits per heavy atom. The van der Waals surface area contributed by atoms with Crippen molar-refractivity contribution >= 4 is 0 Å². The average Bonchev–Trinajstić information content (AvgIpc) is 2.70. The summed E-state index contributed by atoms with van der Waals surface area (Å²) in [4.78, 5) is 0. The van der Waals surface area contributed by atoms with Gasteiger partial charge in [-0.25, -0.2) is 0 Å². The highest BCUT2D eigenvalue weighted by atomic mass is 16.5. The van der Waals surface area contributed by atoms with Crippen LogP contribution in [0.25, 0.3) is 0 Å². The fraction of sp³-hybridized carbons (Fsp3) is 0.586. The second kappa shape index (κ2) is 9.36. The molecule has 0 heterocycles. The highest BCUT2D eigenvalue weighted by Gasteiger charge is 2.30. The van der Waals surface area contributed by atoms with Gasteiger partial charge in [0.05, 0.1) is 0 Å². The Morgan fingerprint density at radius 1 is 0.871 bits per heavy atom. The summed E-state index contributed by atoms with van der Waals surface area (Å²) in [6, 6.07) is 15.2. The quantitative estimate of drug-likeness (QED) is 0.525. The maximum atomic E-state index is 6.84. The number of ether oxygens (including phenoxy) is 1. The van der Waals surface area contributed by atoms with Gasteiger partial charge < -0.3 is 10.5 Å². The molecule has 2 aromatic rings. The molecule has 0 amide bonds. The lowest BCUT2D eigenvalue weighted by molar-refractivity contribution is 0.272. The van der Waals surface area contributed by atoms with Gasteiger partial charge >= 0.3 is 0 Å². The minimum absolute atomic E-state index is 0.0210. The second-order valence-electron chi connectivity index (χ2n) is 11.7. The molecule has 2 heteroatoms. The van der Waals surface area contributed by atoms with Crippen molar-refractivity contribution < 1.29 is 4.74 Å². The Balaban J connectivity index is 1.99. The first kappa shape index (κ1) is 23.9. The van der Waals surface area contributed by atoms with Crippen LogP contribution in [0.5, 0.6) is 5.75 Å². The Bertz CT molecular complexity index is 849. The van der Waals surface area contributed by atoms with Crippen LogP contribution in [0.3, 0.4) is 0 Å². The minimum Gasteiger partial charge on any atom is -0.489 e. The van der Waals surface area contributed by atoms with Gasteiger partial charge in [-0.05, 0) is 64.8 Å². The molecule has 0 radical (unpaired) electrons. The molecule has 170 valence electrons. The third-order valence-corrected chi connectivity index (χ3v) is 6.84. The summed E-state index contributed by atoms with van der Waals surface area (Å²) in [5.74, 6) is 1.04. The molecule has 1 saturated carbocycles. The molecular weight excluding hydrogens is 378 g/mol. The van der Waals surface area contributed by atoms with Gasteiger partial charge in [0.15, 0.2) is 0 Å². The molecule has 2 nitrogen and oxygen atoms in total. The maximum Gasteiger partial charge on any atom is 0.123 e. The van der Waals surface area contributed by atoms with Crippen molar-refractivity contribution in [2.45, 2.75) is 109 Å². The summed E-state index contributed by atoms with van der Waals surface area (Å²) in [6.45, 7) is 14.4. The van der Waals surface area contributed by atoms with Crippen molar-refractivity contribution in [3.05, 3.63) is 64.7 Å². The molecular formula is C29H43NO. The number of hydrogen-bond donors (Lipinski definition) is 1. The van der Waals surface area contributed by atoms with E-state index in [1.165, 1.54) is 41.5 Å². The highest BCUT2D eigenvalue weighted by Crippen LogP contribution is 2.40. The molecule has 0 atom stereocenters. The van der Waals surface area contributed by atoms with Crippen LogP contribution < -0.4 is 10.5 Å². The van der Waals surface area contributed by atoms with Gasteiger partial charge in [-0.1, -0.05) is 97.2 Å². The molecule has 2 N–H and O–H groups in total. The van der Waals surface area contributed by atoms with Crippen molar-refractivity contribution in [3.63, 3.8) is 0 Å². The Morgan fingerprint density at radius 3 is 2.10 bits per heavy atom. The largest absolute Gasteiger partial charge is 0.489 e. The van der Waals surface area contributed by atoms with Crippen molar-refractivity contribution in [1.29, 1.82) is 0 Å². The van der Waals surface area contributed by atoms with Gasteiger partial charge in [0.25, 0.3) is 0 Å². The molecule has 0 saturated heterocycles. The molecule has 0 spiro atoms. The highest BCUT2D eigenvalue weighted by molar-refractivity contribution is 5.49. The molecule has 0 aromatic heterocycles. The van der Waals surface area contributed by atoms with Gasteiger partial charge in [0.1, 0.15) is 12.4 Å². The summed E-state index contributed by atoms with van der Waals surface area (Å²) in [5.41, 5.74) is 12.2. The molecule has 3 rings (SSSR count). The smallest absolute Gasteiger partial charge is 0.123 e. The first-order chi connectivity index (χ1) is 14.5. The summed E-state index contributed by atoms with van der Waals surface area (Å²) < 4.78 is 6.53. The van der Waals surface area contributed by atoms with Gasteiger partial charge in [-0.3, -0.25) is 0 Å². The van der Waals surface area contributed by atoms with Gasteiger partial charge in [-0.15, -0.1) is 0 Å². The Labute approximate surface area is 190 Å². The second-order valence-corrected chi connectivity index (χ2v) is 11.7. The zero-order valence-corrected chi connectivity index (χ0v) is 20.7. The van der Waals surface area contributed by atoms with E-state index in [9.17, 15) is 0 Å². The van der Waals surface area contributed by atoms with E-state index in [0.29, 0.717) is 6.61 Å². The average molecular weight is 422 g/mol. The van der Waals surface area contributed by atoms with E-state index in [1.807, 2.05) is 0 Å². The van der Waals surface area contributed by atoms with Crippen LogP contribution in [-0.4, -0.2) is 5.54 Å². The van der Waals surface area contributed by atoms with Crippen LogP contribution in [0.4, 0.5) is 0 Å². The van der Waals surface area contributed by atoms with Crippen molar-refractivity contribution in [3.8, 4) is 5.75 Å². The lowest BCUT2D eigenvalue weighted by atomic mass is 9.74. The van der Waals surface area contributed by atoms with Crippen molar-refractivity contribution in [1.82, 2.24) is 0 Å². The predicted molar refractivity (Wildman–Crippen MR) is 133 cm³/mol. The molecule has 31 heavy (non-hydrogen) atoms. The number of benzene rings is 2. The lowest BCUT2D eigenvalue weighted by Crippen LogP contribution is -2.42. The third-order valence-electron chi connectivity index (χ3n) is 6.84. The molecule has 1 fully saturated rings. The third kappa shape index (κ3) is 6.35. The van der Waals surface area contributed by atoms with Crippen LogP contribution in [0.15, 0.2) is 42.5 Å². The molecule has 0 bridgehead atoms. The topological polar surface area (TPSA) is 35.2 Å². The molecule has 0 aliphatic heterocycles. The van der Waals surface area contributed by atoms with Crippen LogP contribution in [-0.2, 0) is 23.9 Å². The van der Waals surface area contributed by atoms with E-state index in [2.05, 4.69) is 84.0 Å². The Hall–Kier alpha value is -1.80. The number of rotatable bonds is 6. The van der Waals surface area contributed by atoms with Gasteiger partial charge in [0.2, 0.25) is 0 Å². The maximum absolute atomic E-state index is 6.84. The lowest BCUT2D eigenvalue weighted by Gasteiger charge is -2.35. The first-order valence-corrected chi connectivity index (χ1v) is 12.1. The molecule has 2 aromatic carbocycles. The van der Waals surface area contributed by atoms with E-state index >= 15 is 0 Å². The fourth-order valence-corrected chi connectivity index (χ4v) is 4.75. The summed E-state index contributed by atoms with van der Waals surface area (Å²) in [7, 11) is 0. The van der Waals surface area contributed by atoms with Gasteiger partial charge in [-0.2, -0.15) is 0 Å². The minimum atomic E-state index is -0.0210. The normalized spacial score (nSPS) is 16.9. The van der Waals surface area contributed by atoms with E-state index in [1.54, 1.807) is 0 Å². The molecule has 1 aliphatic carbocycles. The van der Waals surface area contributed by atoms with Crippen LogP contribution in [0.1, 0.15) is 102 Å².